The highest BCUT2D eigenvalue weighted by Crippen LogP contribution is 2.17. The quantitative estimate of drug-likeness (QED) is 0.911. The molecule has 20 heavy (non-hydrogen) atoms. The summed E-state index contributed by atoms with van der Waals surface area (Å²) in [6.07, 6.45) is 3.09. The van der Waals surface area contributed by atoms with Gasteiger partial charge in [-0.3, -0.25) is 4.79 Å². The number of nitrogens with one attached hydrogen (secondary N) is 1. The Morgan fingerprint density at radius 3 is 2.75 bits per heavy atom. The van der Waals surface area contributed by atoms with Gasteiger partial charge in [0.2, 0.25) is 0 Å². The first-order valence-corrected chi connectivity index (χ1v) is 7.87. The van der Waals surface area contributed by atoms with Crippen LogP contribution in [0.25, 0.3) is 0 Å². The number of amides is 1. The largest absolute Gasteiger partial charge is 0.349 e. The Labute approximate surface area is 127 Å². The van der Waals surface area contributed by atoms with Gasteiger partial charge in [-0.05, 0) is 59.9 Å². The van der Waals surface area contributed by atoms with Crippen LogP contribution >= 0.6 is 15.9 Å². The zero-order valence-electron chi connectivity index (χ0n) is 11.7. The monoisotopic (exact) mass is 342 g/mol. The summed E-state index contributed by atoms with van der Waals surface area (Å²) in [4.78, 5) is 14.5. The molecule has 0 aliphatic carbocycles. The third kappa shape index (κ3) is 4.03. The van der Waals surface area contributed by atoms with Crippen molar-refractivity contribution in [2.45, 2.75) is 32.2 Å². The lowest BCUT2D eigenvalue weighted by molar-refractivity contribution is 0.0910. The zero-order chi connectivity index (χ0) is 14.5. The van der Waals surface area contributed by atoms with Crippen LogP contribution in [0, 0.1) is 5.82 Å². The van der Waals surface area contributed by atoms with Crippen molar-refractivity contribution < 1.29 is 9.18 Å². The molecular formula is C15H20BrFN2O. The second-order valence-corrected chi connectivity index (χ2v) is 6.07. The van der Waals surface area contributed by atoms with Crippen molar-refractivity contribution in [1.29, 1.82) is 0 Å². The average molecular weight is 343 g/mol. The van der Waals surface area contributed by atoms with Crippen molar-refractivity contribution in [3.05, 3.63) is 34.1 Å². The molecule has 1 fully saturated rings. The van der Waals surface area contributed by atoms with E-state index in [1.165, 1.54) is 6.07 Å². The molecule has 1 aromatic carbocycles. The normalized spacial score (nSPS) is 17.1. The van der Waals surface area contributed by atoms with E-state index in [4.69, 9.17) is 0 Å². The minimum Gasteiger partial charge on any atom is -0.349 e. The maximum Gasteiger partial charge on any atom is 0.251 e. The van der Waals surface area contributed by atoms with Crippen molar-refractivity contribution in [3.8, 4) is 0 Å². The lowest BCUT2D eigenvalue weighted by Crippen LogP contribution is -2.44. The third-order valence-corrected chi connectivity index (χ3v) is 4.29. The van der Waals surface area contributed by atoms with Crippen molar-refractivity contribution in [2.75, 3.05) is 19.6 Å². The number of hydrogen-bond acceptors (Lipinski definition) is 2. The van der Waals surface area contributed by atoms with E-state index in [0.29, 0.717) is 10.0 Å². The number of rotatable bonds is 4. The standard InChI is InChI=1S/C15H20BrFN2O/c1-2-7-19-8-5-12(6-9-19)18-15(20)11-3-4-13(16)14(17)10-11/h3-4,10,12H,2,5-9H2,1H3,(H,18,20). The number of carbonyl (C=O) groups is 1. The molecule has 0 unspecified atom stereocenters. The Bertz CT molecular complexity index is 473. The molecule has 0 radical (unpaired) electrons. The van der Waals surface area contributed by atoms with Crippen LogP contribution in [0.15, 0.2) is 22.7 Å². The van der Waals surface area contributed by atoms with Gasteiger partial charge in [0.1, 0.15) is 5.82 Å². The van der Waals surface area contributed by atoms with Gasteiger partial charge in [0, 0.05) is 24.7 Å². The summed E-state index contributed by atoms with van der Waals surface area (Å²) < 4.78 is 13.8. The Morgan fingerprint density at radius 1 is 1.45 bits per heavy atom. The molecule has 1 saturated heterocycles. The molecule has 1 amide bonds. The Kier molecular flexibility index (Phi) is 5.54. The first-order valence-electron chi connectivity index (χ1n) is 7.08. The summed E-state index contributed by atoms with van der Waals surface area (Å²) in [5.74, 6) is -0.597. The lowest BCUT2D eigenvalue weighted by Gasteiger charge is -2.32. The maximum atomic E-state index is 13.4. The molecule has 2 rings (SSSR count). The van der Waals surface area contributed by atoms with Crippen molar-refractivity contribution >= 4 is 21.8 Å². The van der Waals surface area contributed by atoms with Gasteiger partial charge < -0.3 is 10.2 Å². The summed E-state index contributed by atoms with van der Waals surface area (Å²) in [5, 5.41) is 3.00. The molecule has 0 bridgehead atoms. The van der Waals surface area contributed by atoms with Crippen LogP contribution in [0.5, 0.6) is 0 Å². The molecule has 0 saturated carbocycles. The van der Waals surface area contributed by atoms with E-state index in [0.717, 1.165) is 38.9 Å². The number of halogens is 2. The summed E-state index contributed by atoms with van der Waals surface area (Å²) in [5.41, 5.74) is 0.377. The van der Waals surface area contributed by atoms with Gasteiger partial charge in [0.05, 0.1) is 4.47 Å². The molecular weight excluding hydrogens is 323 g/mol. The molecule has 0 aromatic heterocycles. The summed E-state index contributed by atoms with van der Waals surface area (Å²) in [7, 11) is 0. The van der Waals surface area contributed by atoms with Crippen LogP contribution in [0.3, 0.4) is 0 Å². The number of nitrogens with zero attached hydrogens (tertiary/aromatic N) is 1. The van der Waals surface area contributed by atoms with E-state index < -0.39 is 5.82 Å². The Morgan fingerprint density at radius 2 is 2.15 bits per heavy atom. The molecule has 1 aromatic rings. The topological polar surface area (TPSA) is 32.3 Å². The molecule has 110 valence electrons. The van der Waals surface area contributed by atoms with E-state index in [-0.39, 0.29) is 11.9 Å². The molecule has 1 heterocycles. The minimum absolute atomic E-state index is 0.189. The fourth-order valence-electron chi connectivity index (χ4n) is 2.52. The molecule has 1 aliphatic heterocycles. The van der Waals surface area contributed by atoms with Crippen molar-refractivity contribution in [1.82, 2.24) is 10.2 Å². The number of piperidine rings is 1. The van der Waals surface area contributed by atoms with Crippen LogP contribution in [-0.2, 0) is 0 Å². The SMILES string of the molecule is CCCN1CCC(NC(=O)c2ccc(Br)c(F)c2)CC1. The second-order valence-electron chi connectivity index (χ2n) is 5.22. The van der Waals surface area contributed by atoms with Gasteiger partial charge in [-0.1, -0.05) is 6.92 Å². The van der Waals surface area contributed by atoms with Crippen LogP contribution in [0.1, 0.15) is 36.5 Å². The average Bonchev–Trinajstić information content (AvgIpc) is 2.44. The minimum atomic E-state index is -0.407. The first kappa shape index (κ1) is 15.4. The molecule has 0 atom stereocenters. The van der Waals surface area contributed by atoms with Gasteiger partial charge in [-0.25, -0.2) is 4.39 Å². The van der Waals surface area contributed by atoms with Crippen molar-refractivity contribution in [3.63, 3.8) is 0 Å². The number of likely N-dealkylation sites (tertiary alicyclic amines) is 1. The van der Waals surface area contributed by atoms with E-state index in [2.05, 4.69) is 33.1 Å². The fourth-order valence-corrected chi connectivity index (χ4v) is 2.77. The van der Waals surface area contributed by atoms with Gasteiger partial charge in [-0.15, -0.1) is 0 Å². The highest BCUT2D eigenvalue weighted by atomic mass is 79.9. The van der Waals surface area contributed by atoms with Crippen LogP contribution in [0.2, 0.25) is 0 Å². The number of carbonyl (C=O) groups excluding carboxylic acids is 1. The third-order valence-electron chi connectivity index (χ3n) is 3.64. The molecule has 5 heteroatoms. The van der Waals surface area contributed by atoms with Gasteiger partial charge in [0.15, 0.2) is 0 Å². The van der Waals surface area contributed by atoms with Crippen LogP contribution < -0.4 is 5.32 Å². The summed E-state index contributed by atoms with van der Waals surface area (Å²) >= 11 is 3.09. The zero-order valence-corrected chi connectivity index (χ0v) is 13.2. The predicted molar refractivity (Wildman–Crippen MR) is 81.3 cm³/mol. The van der Waals surface area contributed by atoms with E-state index in [9.17, 15) is 9.18 Å². The predicted octanol–water partition coefficient (Wildman–Crippen LogP) is 3.19. The fraction of sp³-hybridized carbons (Fsp3) is 0.533. The first-order chi connectivity index (χ1) is 9.60. The van der Waals surface area contributed by atoms with E-state index in [1.807, 2.05) is 0 Å². The number of benzene rings is 1. The van der Waals surface area contributed by atoms with Crippen molar-refractivity contribution in [2.24, 2.45) is 0 Å². The Balaban J connectivity index is 1.87. The molecule has 3 nitrogen and oxygen atoms in total. The molecule has 0 spiro atoms. The maximum absolute atomic E-state index is 13.4. The summed E-state index contributed by atoms with van der Waals surface area (Å²) in [6, 6.07) is 4.66. The second kappa shape index (κ2) is 7.18. The highest BCUT2D eigenvalue weighted by molar-refractivity contribution is 9.10. The van der Waals surface area contributed by atoms with Crippen LogP contribution in [-0.4, -0.2) is 36.5 Å². The summed E-state index contributed by atoms with van der Waals surface area (Å²) in [6.45, 7) is 5.34. The van der Waals surface area contributed by atoms with Crippen LogP contribution in [0.4, 0.5) is 4.39 Å². The highest BCUT2D eigenvalue weighted by Gasteiger charge is 2.20. The lowest BCUT2D eigenvalue weighted by atomic mass is 10.0. The molecule has 1 N–H and O–H groups in total. The van der Waals surface area contributed by atoms with E-state index in [1.54, 1.807) is 12.1 Å². The Hall–Kier alpha value is -0.940. The smallest absolute Gasteiger partial charge is 0.251 e. The molecule has 1 aliphatic rings. The van der Waals surface area contributed by atoms with Gasteiger partial charge >= 0.3 is 0 Å². The van der Waals surface area contributed by atoms with E-state index >= 15 is 0 Å². The van der Waals surface area contributed by atoms with Gasteiger partial charge in [0.25, 0.3) is 5.91 Å². The van der Waals surface area contributed by atoms with Gasteiger partial charge in [-0.2, -0.15) is 0 Å². The number of hydrogen-bond donors (Lipinski definition) is 1.